The largest absolute Gasteiger partial charge is 0.373 e. The summed E-state index contributed by atoms with van der Waals surface area (Å²) in [6, 6.07) is 11.1. The first-order valence-electron chi connectivity index (χ1n) is 6.60. The van der Waals surface area contributed by atoms with Crippen LogP contribution in [0, 0.1) is 0 Å². The molecule has 1 aromatic carbocycles. The highest BCUT2D eigenvalue weighted by Gasteiger charge is 2.16. The van der Waals surface area contributed by atoms with E-state index >= 15 is 0 Å². The Morgan fingerprint density at radius 3 is 2.64 bits per heavy atom. The van der Waals surface area contributed by atoms with Gasteiger partial charge in [0.25, 0.3) is 0 Å². The van der Waals surface area contributed by atoms with Crippen LogP contribution < -0.4 is 5.32 Å². The second kappa shape index (κ2) is 5.34. The van der Waals surface area contributed by atoms with Crippen molar-refractivity contribution in [2.75, 3.05) is 18.6 Å². The Balaban J connectivity index is 2.31. The minimum Gasteiger partial charge on any atom is -0.373 e. The molecule has 0 atom stereocenters. The van der Waals surface area contributed by atoms with Crippen LogP contribution in [0.2, 0.25) is 0 Å². The number of anilines is 1. The van der Waals surface area contributed by atoms with Crippen molar-refractivity contribution in [1.82, 2.24) is 15.0 Å². The van der Waals surface area contributed by atoms with E-state index in [0.29, 0.717) is 11.5 Å². The summed E-state index contributed by atoms with van der Waals surface area (Å²) in [5, 5.41) is 3.58. The van der Waals surface area contributed by atoms with Crippen molar-refractivity contribution in [2.24, 2.45) is 0 Å². The molecule has 0 radical (unpaired) electrons. The number of hydrogen-bond donors (Lipinski definition) is 1. The van der Waals surface area contributed by atoms with Gasteiger partial charge in [0.2, 0.25) is 15.0 Å². The van der Waals surface area contributed by atoms with Crippen molar-refractivity contribution < 1.29 is 8.42 Å². The van der Waals surface area contributed by atoms with Crippen LogP contribution in [0.5, 0.6) is 0 Å². The SMILES string of the molecule is CNc1cc(-c2cccc3ncccc23)nc(S(C)(=O)=O)n1. The lowest BCUT2D eigenvalue weighted by Crippen LogP contribution is -2.07. The minimum absolute atomic E-state index is 0.199. The van der Waals surface area contributed by atoms with Crippen molar-refractivity contribution in [2.45, 2.75) is 5.16 Å². The molecule has 0 aliphatic heterocycles. The van der Waals surface area contributed by atoms with Gasteiger partial charge in [0.05, 0.1) is 11.2 Å². The van der Waals surface area contributed by atoms with E-state index in [-0.39, 0.29) is 5.16 Å². The standard InChI is InChI=1S/C15H14N4O2S/c1-16-14-9-13(18-15(19-14)22(2,20)21)11-5-3-7-12-10(11)6-4-8-17-12/h3-9H,1-2H3,(H,16,18,19). The van der Waals surface area contributed by atoms with Crippen LogP contribution in [0.1, 0.15) is 0 Å². The number of aromatic nitrogens is 3. The summed E-state index contributed by atoms with van der Waals surface area (Å²) < 4.78 is 23.6. The van der Waals surface area contributed by atoms with Crippen molar-refractivity contribution in [3.63, 3.8) is 0 Å². The van der Waals surface area contributed by atoms with Gasteiger partial charge < -0.3 is 5.32 Å². The first-order chi connectivity index (χ1) is 10.5. The third-order valence-electron chi connectivity index (χ3n) is 3.22. The Hall–Kier alpha value is -2.54. The van der Waals surface area contributed by atoms with Gasteiger partial charge in [-0.2, -0.15) is 0 Å². The molecule has 112 valence electrons. The number of sulfone groups is 1. The highest BCUT2D eigenvalue weighted by molar-refractivity contribution is 7.90. The highest BCUT2D eigenvalue weighted by atomic mass is 32.2. The molecule has 0 unspecified atom stereocenters. The average molecular weight is 314 g/mol. The number of hydrogen-bond acceptors (Lipinski definition) is 6. The molecule has 22 heavy (non-hydrogen) atoms. The number of nitrogens with one attached hydrogen (secondary N) is 1. The lowest BCUT2D eigenvalue weighted by Gasteiger charge is -2.09. The summed E-state index contributed by atoms with van der Waals surface area (Å²) in [6.07, 6.45) is 2.81. The fourth-order valence-electron chi connectivity index (χ4n) is 2.18. The Bertz CT molecular complexity index is 949. The summed E-state index contributed by atoms with van der Waals surface area (Å²) in [6.45, 7) is 0. The summed E-state index contributed by atoms with van der Waals surface area (Å²) in [5.74, 6) is 0.450. The fourth-order valence-corrected chi connectivity index (χ4v) is 2.71. The van der Waals surface area contributed by atoms with Crippen LogP contribution in [0.15, 0.2) is 47.8 Å². The van der Waals surface area contributed by atoms with Gasteiger partial charge in [-0.3, -0.25) is 4.98 Å². The fraction of sp³-hybridized carbons (Fsp3) is 0.133. The molecule has 0 spiro atoms. The van der Waals surface area contributed by atoms with Crippen molar-refractivity contribution in [3.8, 4) is 11.3 Å². The van der Waals surface area contributed by atoms with E-state index in [9.17, 15) is 8.42 Å². The summed E-state index contributed by atoms with van der Waals surface area (Å²) >= 11 is 0. The molecule has 2 heterocycles. The molecule has 2 aromatic heterocycles. The molecular weight excluding hydrogens is 300 g/mol. The molecule has 0 saturated carbocycles. The van der Waals surface area contributed by atoms with Gasteiger partial charge >= 0.3 is 0 Å². The van der Waals surface area contributed by atoms with Crippen molar-refractivity contribution in [1.29, 1.82) is 0 Å². The zero-order chi connectivity index (χ0) is 15.7. The van der Waals surface area contributed by atoms with E-state index in [1.165, 1.54) is 0 Å². The number of benzene rings is 1. The van der Waals surface area contributed by atoms with Crippen LogP contribution in [0.3, 0.4) is 0 Å². The monoisotopic (exact) mass is 314 g/mol. The molecule has 7 heteroatoms. The Kier molecular flexibility index (Phi) is 3.50. The summed E-state index contributed by atoms with van der Waals surface area (Å²) in [4.78, 5) is 12.5. The first kappa shape index (κ1) is 14.4. The maximum Gasteiger partial charge on any atom is 0.249 e. The van der Waals surface area contributed by atoms with Gasteiger partial charge in [-0.1, -0.05) is 18.2 Å². The van der Waals surface area contributed by atoms with E-state index in [1.807, 2.05) is 30.3 Å². The van der Waals surface area contributed by atoms with Crippen LogP contribution >= 0.6 is 0 Å². The topological polar surface area (TPSA) is 84.8 Å². The van der Waals surface area contributed by atoms with Gasteiger partial charge in [0.15, 0.2) is 0 Å². The molecule has 0 bridgehead atoms. The van der Waals surface area contributed by atoms with E-state index in [0.717, 1.165) is 22.7 Å². The number of rotatable bonds is 3. The maximum atomic E-state index is 11.8. The van der Waals surface area contributed by atoms with Gasteiger partial charge in [0, 0.05) is 36.5 Å². The van der Waals surface area contributed by atoms with Gasteiger partial charge in [0.1, 0.15) is 5.82 Å². The molecule has 0 fully saturated rings. The van der Waals surface area contributed by atoms with Crippen LogP contribution in [0.25, 0.3) is 22.2 Å². The van der Waals surface area contributed by atoms with E-state index in [1.54, 1.807) is 19.3 Å². The molecular formula is C15H14N4O2S. The van der Waals surface area contributed by atoms with E-state index in [2.05, 4.69) is 20.3 Å². The normalized spacial score (nSPS) is 11.5. The molecule has 1 N–H and O–H groups in total. The van der Waals surface area contributed by atoms with Crippen molar-refractivity contribution >= 4 is 26.6 Å². The van der Waals surface area contributed by atoms with Gasteiger partial charge in [-0.05, 0) is 12.1 Å². The second-order valence-electron chi connectivity index (χ2n) is 4.82. The predicted molar refractivity (Wildman–Crippen MR) is 85.4 cm³/mol. The molecule has 0 amide bonds. The van der Waals surface area contributed by atoms with E-state index in [4.69, 9.17) is 0 Å². The number of nitrogens with zero attached hydrogens (tertiary/aromatic N) is 3. The average Bonchev–Trinajstić information content (AvgIpc) is 2.53. The van der Waals surface area contributed by atoms with Gasteiger partial charge in [-0.15, -0.1) is 0 Å². The smallest absolute Gasteiger partial charge is 0.249 e. The predicted octanol–water partition coefficient (Wildman–Crippen LogP) is 2.14. The molecule has 3 rings (SSSR count). The zero-order valence-corrected chi connectivity index (χ0v) is 12.9. The lowest BCUT2D eigenvalue weighted by molar-refractivity contribution is 0.593. The number of pyridine rings is 1. The van der Waals surface area contributed by atoms with Gasteiger partial charge in [-0.25, -0.2) is 18.4 Å². The molecule has 3 aromatic rings. The molecule has 0 aliphatic carbocycles. The third-order valence-corrected chi connectivity index (χ3v) is 4.06. The Labute approximate surface area is 128 Å². The highest BCUT2D eigenvalue weighted by Crippen LogP contribution is 2.28. The maximum absolute atomic E-state index is 11.8. The van der Waals surface area contributed by atoms with Crippen LogP contribution in [0.4, 0.5) is 5.82 Å². The first-order valence-corrected chi connectivity index (χ1v) is 8.49. The third kappa shape index (κ3) is 2.62. The molecule has 0 aliphatic rings. The molecule has 6 nitrogen and oxygen atoms in total. The minimum atomic E-state index is -3.50. The summed E-state index contributed by atoms with van der Waals surface area (Å²) in [5.41, 5.74) is 2.18. The van der Waals surface area contributed by atoms with Crippen LogP contribution in [-0.2, 0) is 9.84 Å². The number of fused-ring (bicyclic) bond motifs is 1. The Morgan fingerprint density at radius 1 is 1.09 bits per heavy atom. The summed E-state index contributed by atoms with van der Waals surface area (Å²) in [7, 11) is -1.81. The second-order valence-corrected chi connectivity index (χ2v) is 6.73. The van der Waals surface area contributed by atoms with Crippen LogP contribution in [-0.4, -0.2) is 36.7 Å². The zero-order valence-electron chi connectivity index (χ0n) is 12.1. The quantitative estimate of drug-likeness (QED) is 0.746. The molecule has 0 saturated heterocycles. The van der Waals surface area contributed by atoms with E-state index < -0.39 is 9.84 Å². The lowest BCUT2D eigenvalue weighted by atomic mass is 10.1. The Morgan fingerprint density at radius 2 is 1.91 bits per heavy atom. The van der Waals surface area contributed by atoms with Crippen molar-refractivity contribution in [3.05, 3.63) is 42.6 Å².